The fourth-order valence-electron chi connectivity index (χ4n) is 1.72. The Labute approximate surface area is 127 Å². The minimum Gasteiger partial charge on any atom is -0.387 e. The molecule has 0 aliphatic carbocycles. The maximum Gasteiger partial charge on any atom is 0.259 e. The molecule has 2 N–H and O–H groups in total. The standard InChI is InChI=1S/C14H13Cl2N3O/c1-8-5-13(17-2)10(7-18-8)14(20)19-9-3-4-11(15)12(16)6-9/h3-7H,1-2H3,(H,17,18)(H,19,20). The van der Waals surface area contributed by atoms with Crippen LogP contribution < -0.4 is 10.6 Å². The third-order valence-corrected chi connectivity index (χ3v) is 3.47. The minimum absolute atomic E-state index is 0.264. The fourth-order valence-corrected chi connectivity index (χ4v) is 2.02. The third-order valence-electron chi connectivity index (χ3n) is 2.73. The highest BCUT2D eigenvalue weighted by Gasteiger charge is 2.12. The molecule has 0 saturated carbocycles. The van der Waals surface area contributed by atoms with Crippen molar-refractivity contribution < 1.29 is 4.79 Å². The van der Waals surface area contributed by atoms with E-state index in [1.54, 1.807) is 25.2 Å². The van der Waals surface area contributed by atoms with Gasteiger partial charge in [-0.3, -0.25) is 9.78 Å². The van der Waals surface area contributed by atoms with Gasteiger partial charge in [0.05, 0.1) is 21.3 Å². The van der Waals surface area contributed by atoms with Crippen molar-refractivity contribution in [2.45, 2.75) is 6.92 Å². The van der Waals surface area contributed by atoms with Crippen molar-refractivity contribution in [3.63, 3.8) is 0 Å². The summed E-state index contributed by atoms with van der Waals surface area (Å²) in [6, 6.07) is 6.73. The van der Waals surface area contributed by atoms with E-state index in [0.717, 1.165) is 11.4 Å². The lowest BCUT2D eigenvalue weighted by molar-refractivity contribution is 0.102. The van der Waals surface area contributed by atoms with Gasteiger partial charge in [0, 0.05) is 24.6 Å². The van der Waals surface area contributed by atoms with Gasteiger partial charge in [-0.05, 0) is 31.2 Å². The Kier molecular flexibility index (Phi) is 4.47. The molecule has 0 fully saturated rings. The second-order valence-corrected chi connectivity index (χ2v) is 5.02. The molecule has 2 rings (SSSR count). The molecule has 0 saturated heterocycles. The molecule has 1 amide bonds. The van der Waals surface area contributed by atoms with Crippen LogP contribution in [0.2, 0.25) is 10.0 Å². The lowest BCUT2D eigenvalue weighted by Crippen LogP contribution is -2.14. The van der Waals surface area contributed by atoms with Gasteiger partial charge in [-0.15, -0.1) is 0 Å². The molecule has 20 heavy (non-hydrogen) atoms. The summed E-state index contributed by atoms with van der Waals surface area (Å²) < 4.78 is 0. The summed E-state index contributed by atoms with van der Waals surface area (Å²) in [7, 11) is 1.75. The Balaban J connectivity index is 2.25. The number of carbonyl (C=O) groups is 1. The number of hydrogen-bond acceptors (Lipinski definition) is 3. The number of amides is 1. The van der Waals surface area contributed by atoms with E-state index in [2.05, 4.69) is 15.6 Å². The Morgan fingerprint density at radius 3 is 2.60 bits per heavy atom. The van der Waals surface area contributed by atoms with Gasteiger partial charge in [0.25, 0.3) is 5.91 Å². The van der Waals surface area contributed by atoms with E-state index in [0.29, 0.717) is 21.3 Å². The minimum atomic E-state index is -0.264. The van der Waals surface area contributed by atoms with Crippen LogP contribution in [0.4, 0.5) is 11.4 Å². The third kappa shape index (κ3) is 3.21. The molecule has 0 spiro atoms. The number of nitrogens with zero attached hydrogens (tertiary/aromatic N) is 1. The highest BCUT2D eigenvalue weighted by molar-refractivity contribution is 6.42. The topological polar surface area (TPSA) is 54.0 Å². The first-order valence-electron chi connectivity index (χ1n) is 5.92. The molecule has 1 aromatic heterocycles. The molecule has 0 atom stereocenters. The lowest BCUT2D eigenvalue weighted by Gasteiger charge is -2.10. The number of carbonyl (C=O) groups excluding carboxylic acids is 1. The van der Waals surface area contributed by atoms with Gasteiger partial charge in [0.1, 0.15) is 0 Å². The molecule has 0 unspecified atom stereocenters. The van der Waals surface area contributed by atoms with E-state index in [9.17, 15) is 4.79 Å². The van der Waals surface area contributed by atoms with E-state index in [1.807, 2.05) is 13.0 Å². The molecule has 0 bridgehead atoms. The van der Waals surface area contributed by atoms with Gasteiger partial charge in [-0.2, -0.15) is 0 Å². The predicted molar refractivity (Wildman–Crippen MR) is 82.9 cm³/mol. The molecule has 2 aromatic rings. The highest BCUT2D eigenvalue weighted by atomic mass is 35.5. The van der Waals surface area contributed by atoms with Crippen LogP contribution in [0.15, 0.2) is 30.5 Å². The number of rotatable bonds is 3. The number of pyridine rings is 1. The number of aryl methyl sites for hydroxylation is 1. The second kappa shape index (κ2) is 6.11. The van der Waals surface area contributed by atoms with Crippen LogP contribution in [0.1, 0.15) is 16.1 Å². The van der Waals surface area contributed by atoms with Crippen molar-refractivity contribution in [1.29, 1.82) is 0 Å². The van der Waals surface area contributed by atoms with Gasteiger partial charge in [-0.1, -0.05) is 23.2 Å². The number of halogens is 2. The van der Waals surface area contributed by atoms with Crippen LogP contribution in [0.25, 0.3) is 0 Å². The largest absolute Gasteiger partial charge is 0.387 e. The smallest absolute Gasteiger partial charge is 0.259 e. The molecule has 0 aliphatic heterocycles. The molecule has 6 heteroatoms. The zero-order chi connectivity index (χ0) is 14.7. The first-order chi connectivity index (χ1) is 9.51. The average Bonchev–Trinajstić information content (AvgIpc) is 2.42. The van der Waals surface area contributed by atoms with Crippen molar-refractivity contribution in [3.05, 3.63) is 51.8 Å². The summed E-state index contributed by atoms with van der Waals surface area (Å²) in [5, 5.41) is 6.57. The van der Waals surface area contributed by atoms with Crippen LogP contribution >= 0.6 is 23.2 Å². The summed E-state index contributed by atoms with van der Waals surface area (Å²) in [5.41, 5.74) is 2.59. The summed E-state index contributed by atoms with van der Waals surface area (Å²) in [6.07, 6.45) is 1.54. The number of benzene rings is 1. The molecular formula is C14H13Cl2N3O. The first-order valence-corrected chi connectivity index (χ1v) is 6.67. The summed E-state index contributed by atoms with van der Waals surface area (Å²) >= 11 is 11.7. The van der Waals surface area contributed by atoms with Gasteiger partial charge >= 0.3 is 0 Å². The normalized spacial score (nSPS) is 10.2. The molecule has 0 radical (unpaired) electrons. The summed E-state index contributed by atoms with van der Waals surface area (Å²) in [6.45, 7) is 1.86. The quantitative estimate of drug-likeness (QED) is 0.901. The van der Waals surface area contributed by atoms with E-state index in [4.69, 9.17) is 23.2 Å². The summed E-state index contributed by atoms with van der Waals surface area (Å²) in [4.78, 5) is 16.4. The van der Waals surface area contributed by atoms with Gasteiger partial charge < -0.3 is 10.6 Å². The van der Waals surface area contributed by atoms with Crippen LogP contribution in [-0.2, 0) is 0 Å². The highest BCUT2D eigenvalue weighted by Crippen LogP contribution is 2.25. The molecule has 0 aliphatic rings. The molecule has 104 valence electrons. The van der Waals surface area contributed by atoms with E-state index in [-0.39, 0.29) is 5.91 Å². The maximum atomic E-state index is 12.2. The first kappa shape index (κ1) is 14.6. The van der Waals surface area contributed by atoms with Crippen LogP contribution in [0, 0.1) is 6.92 Å². The van der Waals surface area contributed by atoms with Crippen LogP contribution in [0.5, 0.6) is 0 Å². The summed E-state index contributed by atoms with van der Waals surface area (Å²) in [5.74, 6) is -0.264. The SMILES string of the molecule is CNc1cc(C)ncc1C(=O)Nc1ccc(Cl)c(Cl)c1. The van der Waals surface area contributed by atoms with E-state index < -0.39 is 0 Å². The van der Waals surface area contributed by atoms with Crippen molar-refractivity contribution in [1.82, 2.24) is 4.98 Å². The van der Waals surface area contributed by atoms with Crippen LogP contribution in [-0.4, -0.2) is 17.9 Å². The Bertz CT molecular complexity index is 659. The number of aromatic nitrogens is 1. The van der Waals surface area contributed by atoms with Crippen molar-refractivity contribution in [3.8, 4) is 0 Å². The van der Waals surface area contributed by atoms with Gasteiger partial charge in [0.15, 0.2) is 0 Å². The maximum absolute atomic E-state index is 12.2. The number of nitrogens with one attached hydrogen (secondary N) is 2. The predicted octanol–water partition coefficient (Wildman–Crippen LogP) is 3.99. The molecule has 1 heterocycles. The van der Waals surface area contributed by atoms with Crippen molar-refractivity contribution in [2.75, 3.05) is 17.7 Å². The second-order valence-electron chi connectivity index (χ2n) is 4.20. The fraction of sp³-hybridized carbons (Fsp3) is 0.143. The number of hydrogen-bond donors (Lipinski definition) is 2. The monoisotopic (exact) mass is 309 g/mol. The molecule has 4 nitrogen and oxygen atoms in total. The number of anilines is 2. The zero-order valence-corrected chi connectivity index (χ0v) is 12.5. The van der Waals surface area contributed by atoms with Crippen molar-refractivity contribution >= 4 is 40.5 Å². The Morgan fingerprint density at radius 2 is 1.95 bits per heavy atom. The van der Waals surface area contributed by atoms with E-state index in [1.165, 1.54) is 6.20 Å². The van der Waals surface area contributed by atoms with Gasteiger partial charge in [0.2, 0.25) is 0 Å². The van der Waals surface area contributed by atoms with Crippen molar-refractivity contribution in [2.24, 2.45) is 0 Å². The van der Waals surface area contributed by atoms with Crippen LogP contribution in [0.3, 0.4) is 0 Å². The Hall–Kier alpha value is -1.78. The Morgan fingerprint density at radius 1 is 1.20 bits per heavy atom. The average molecular weight is 310 g/mol. The lowest BCUT2D eigenvalue weighted by atomic mass is 10.2. The molecular weight excluding hydrogens is 297 g/mol. The van der Waals surface area contributed by atoms with Gasteiger partial charge in [-0.25, -0.2) is 0 Å². The molecule has 1 aromatic carbocycles. The van der Waals surface area contributed by atoms with E-state index >= 15 is 0 Å². The zero-order valence-electron chi connectivity index (χ0n) is 11.0.